The number of carbonyl (C=O) groups excluding carboxylic acids is 1. The molecule has 0 saturated heterocycles. The normalized spacial score (nSPS) is 14.5. The third-order valence-electron chi connectivity index (χ3n) is 6.50. The van der Waals surface area contributed by atoms with Crippen molar-refractivity contribution in [3.05, 3.63) is 30.1 Å². The molecule has 0 spiro atoms. The molecule has 2 amide bonds. The predicted molar refractivity (Wildman–Crippen MR) is 149 cm³/mol. The molecular weight excluding hydrogens is 524 g/mol. The summed E-state index contributed by atoms with van der Waals surface area (Å²) in [4.78, 5) is 21.8. The Bertz CT molecular complexity index is 855. The molecule has 1 heterocycles. The highest BCUT2D eigenvalue weighted by molar-refractivity contribution is 7.88. The Morgan fingerprint density at radius 2 is 1.74 bits per heavy atom. The highest BCUT2D eigenvalue weighted by Gasteiger charge is 2.24. The second-order valence-electron chi connectivity index (χ2n) is 9.74. The van der Waals surface area contributed by atoms with Crippen molar-refractivity contribution in [1.82, 2.24) is 20.1 Å². The van der Waals surface area contributed by atoms with Crippen LogP contribution in [-0.2, 0) is 35.6 Å². The average Bonchev–Trinajstić information content (AvgIpc) is 2.95. The molecule has 0 bridgehead atoms. The molecule has 12 heteroatoms. The fraction of sp³-hybridized carbons (Fsp3) is 0.778. The van der Waals surface area contributed by atoms with Gasteiger partial charge < -0.3 is 24.8 Å². The van der Waals surface area contributed by atoms with Crippen LogP contribution in [0.1, 0.15) is 63.4 Å². The first-order valence-corrected chi connectivity index (χ1v) is 15.8. The number of ether oxygens (including phenoxy) is 3. The molecule has 0 radical (unpaired) electrons. The molecule has 0 atom stereocenters. The molecule has 1 aromatic heterocycles. The molecule has 1 aliphatic carbocycles. The van der Waals surface area contributed by atoms with Gasteiger partial charge in [-0.3, -0.25) is 9.82 Å². The second-order valence-corrected chi connectivity index (χ2v) is 11.7. The molecule has 1 fully saturated rings. The number of aromatic nitrogens is 1. The first kappa shape index (κ1) is 33.4. The number of rotatable bonds is 22. The van der Waals surface area contributed by atoms with Gasteiger partial charge >= 0.3 is 6.03 Å². The first-order chi connectivity index (χ1) is 19.0. The van der Waals surface area contributed by atoms with Crippen LogP contribution in [0, 0.1) is 5.92 Å². The van der Waals surface area contributed by atoms with E-state index in [0.29, 0.717) is 58.5 Å². The van der Waals surface area contributed by atoms with E-state index in [0.717, 1.165) is 42.1 Å². The average molecular weight is 573 g/mol. The van der Waals surface area contributed by atoms with E-state index < -0.39 is 10.0 Å². The van der Waals surface area contributed by atoms with Crippen LogP contribution in [0.15, 0.2) is 24.5 Å². The molecular formula is C27H48N4O7S. The number of nitrogens with zero attached hydrogens (tertiary/aromatic N) is 2. The van der Waals surface area contributed by atoms with E-state index in [1.807, 2.05) is 12.1 Å². The lowest BCUT2D eigenvalue weighted by Crippen LogP contribution is -2.37. The minimum absolute atomic E-state index is 0.0246. The number of hydroxylamine groups is 1. The van der Waals surface area contributed by atoms with Gasteiger partial charge in [0.05, 0.1) is 51.9 Å². The fourth-order valence-electron chi connectivity index (χ4n) is 4.24. The third-order valence-corrected chi connectivity index (χ3v) is 8.21. The predicted octanol–water partition coefficient (Wildman–Crippen LogP) is 3.26. The smallest absolute Gasteiger partial charge is 0.315 e. The maximum atomic E-state index is 13.0. The number of pyridine rings is 1. The van der Waals surface area contributed by atoms with Gasteiger partial charge in [0.1, 0.15) is 0 Å². The Morgan fingerprint density at radius 1 is 1.00 bits per heavy atom. The molecule has 0 unspecified atom stereocenters. The number of unbranched alkanes of at least 4 members (excludes halogenated alkanes) is 3. The SMILES string of the molecule is COCCOCCOCCN(OCC1CCCCC1)S(=O)(=O)CCCCCCNC(=O)NCc1cccnc1. The number of amides is 2. The van der Waals surface area contributed by atoms with Gasteiger partial charge in [-0.05, 0) is 43.2 Å². The molecule has 1 saturated carbocycles. The summed E-state index contributed by atoms with van der Waals surface area (Å²) in [7, 11) is -1.95. The van der Waals surface area contributed by atoms with Crippen molar-refractivity contribution in [2.45, 2.75) is 64.3 Å². The number of nitrogens with one attached hydrogen (secondary N) is 2. The van der Waals surface area contributed by atoms with Gasteiger partial charge in [-0.2, -0.15) is 0 Å². The Morgan fingerprint density at radius 3 is 2.49 bits per heavy atom. The fourth-order valence-corrected chi connectivity index (χ4v) is 5.59. The number of carbonyl (C=O) groups is 1. The van der Waals surface area contributed by atoms with Crippen molar-refractivity contribution in [2.24, 2.45) is 5.92 Å². The minimum atomic E-state index is -3.57. The second kappa shape index (κ2) is 21.0. The molecule has 224 valence electrons. The number of urea groups is 1. The van der Waals surface area contributed by atoms with E-state index in [1.54, 1.807) is 19.5 Å². The number of methoxy groups -OCH3 is 1. The zero-order valence-corrected chi connectivity index (χ0v) is 24.3. The third kappa shape index (κ3) is 16.1. The van der Waals surface area contributed by atoms with Crippen LogP contribution in [0.25, 0.3) is 0 Å². The van der Waals surface area contributed by atoms with E-state index in [1.165, 1.54) is 19.3 Å². The maximum absolute atomic E-state index is 13.0. The Labute approximate surface area is 234 Å². The minimum Gasteiger partial charge on any atom is -0.382 e. The van der Waals surface area contributed by atoms with Crippen molar-refractivity contribution in [2.75, 3.05) is 65.6 Å². The topological polar surface area (TPSA) is 128 Å². The van der Waals surface area contributed by atoms with E-state index in [9.17, 15) is 13.2 Å². The van der Waals surface area contributed by atoms with Crippen molar-refractivity contribution < 1.29 is 32.3 Å². The van der Waals surface area contributed by atoms with Crippen molar-refractivity contribution in [3.8, 4) is 0 Å². The van der Waals surface area contributed by atoms with E-state index >= 15 is 0 Å². The van der Waals surface area contributed by atoms with E-state index in [2.05, 4.69) is 15.6 Å². The standard InChI is InChI=1S/C27H48N4O7S/c1-35-17-18-37-20-19-36-16-15-31(38-24-25-10-5-4-6-11-25)39(33,34)21-8-3-2-7-14-29-27(32)30-23-26-12-9-13-28-22-26/h9,12-13,22,25H,2-8,10-11,14-21,23-24H2,1H3,(H2,29,30,32). The van der Waals surface area contributed by atoms with Gasteiger partial charge in [-0.25, -0.2) is 13.2 Å². The van der Waals surface area contributed by atoms with Gasteiger partial charge in [-0.15, -0.1) is 0 Å². The number of hydrogen-bond acceptors (Lipinski definition) is 8. The van der Waals surface area contributed by atoms with Crippen LogP contribution in [0.3, 0.4) is 0 Å². The zero-order chi connectivity index (χ0) is 28.0. The van der Waals surface area contributed by atoms with Crippen molar-refractivity contribution in [3.63, 3.8) is 0 Å². The van der Waals surface area contributed by atoms with Gasteiger partial charge in [-0.1, -0.05) is 42.6 Å². The van der Waals surface area contributed by atoms with Crippen LogP contribution >= 0.6 is 0 Å². The molecule has 2 N–H and O–H groups in total. The van der Waals surface area contributed by atoms with Gasteiger partial charge in [0.25, 0.3) is 0 Å². The summed E-state index contributed by atoms with van der Waals surface area (Å²) < 4.78 is 43.1. The highest BCUT2D eigenvalue weighted by atomic mass is 32.2. The van der Waals surface area contributed by atoms with Crippen LogP contribution in [0.5, 0.6) is 0 Å². The molecule has 39 heavy (non-hydrogen) atoms. The summed E-state index contributed by atoms with van der Waals surface area (Å²) >= 11 is 0. The zero-order valence-electron chi connectivity index (χ0n) is 23.5. The monoisotopic (exact) mass is 572 g/mol. The van der Waals surface area contributed by atoms with Crippen LogP contribution in [0.2, 0.25) is 0 Å². The Balaban J connectivity index is 1.63. The van der Waals surface area contributed by atoms with Crippen LogP contribution in [0.4, 0.5) is 4.79 Å². The maximum Gasteiger partial charge on any atom is 0.315 e. The highest BCUT2D eigenvalue weighted by Crippen LogP contribution is 2.24. The quantitative estimate of drug-likeness (QED) is 0.160. The van der Waals surface area contributed by atoms with Crippen LogP contribution in [-0.4, -0.2) is 89.5 Å². The van der Waals surface area contributed by atoms with Gasteiger partial charge in [0, 0.05) is 32.6 Å². The van der Waals surface area contributed by atoms with Crippen LogP contribution < -0.4 is 10.6 Å². The van der Waals surface area contributed by atoms with Gasteiger partial charge in [0.15, 0.2) is 0 Å². The molecule has 1 aliphatic rings. The summed E-state index contributed by atoms with van der Waals surface area (Å²) in [6.07, 6.45) is 12.1. The lowest BCUT2D eigenvalue weighted by atomic mass is 9.90. The summed E-state index contributed by atoms with van der Waals surface area (Å²) in [5, 5.41) is 5.62. The molecule has 2 rings (SSSR count). The largest absolute Gasteiger partial charge is 0.382 e. The molecule has 0 aliphatic heterocycles. The summed E-state index contributed by atoms with van der Waals surface area (Å²) in [5.41, 5.74) is 0.934. The lowest BCUT2D eigenvalue weighted by molar-refractivity contribution is -0.112. The lowest BCUT2D eigenvalue weighted by Gasteiger charge is -2.26. The Hall–Kier alpha value is -1.83. The Kier molecular flexibility index (Phi) is 18.0. The van der Waals surface area contributed by atoms with E-state index in [4.69, 9.17) is 19.0 Å². The summed E-state index contributed by atoms with van der Waals surface area (Å²) in [6, 6.07) is 3.50. The molecule has 11 nitrogen and oxygen atoms in total. The van der Waals surface area contributed by atoms with Crippen molar-refractivity contribution >= 4 is 16.1 Å². The van der Waals surface area contributed by atoms with E-state index in [-0.39, 0.29) is 24.9 Å². The summed E-state index contributed by atoms with van der Waals surface area (Å²) in [5.74, 6) is 0.428. The molecule has 0 aromatic carbocycles. The van der Waals surface area contributed by atoms with Gasteiger partial charge in [0.2, 0.25) is 10.0 Å². The van der Waals surface area contributed by atoms with Crippen molar-refractivity contribution in [1.29, 1.82) is 0 Å². The molecule has 1 aromatic rings. The first-order valence-electron chi connectivity index (χ1n) is 14.2. The number of sulfonamides is 1. The summed E-state index contributed by atoms with van der Waals surface area (Å²) in [6.45, 7) is 3.62. The number of hydrogen-bond donors (Lipinski definition) is 2.